The van der Waals surface area contributed by atoms with Gasteiger partial charge in [-0.25, -0.2) is 0 Å². The lowest BCUT2D eigenvalue weighted by Gasteiger charge is -2.34. The molecule has 1 spiro atoms. The molecule has 2 unspecified atom stereocenters. The molecule has 32 heavy (non-hydrogen) atoms. The van der Waals surface area contributed by atoms with E-state index in [-0.39, 0.29) is 36.2 Å². The number of aryl methyl sites for hydroxylation is 2. The van der Waals surface area contributed by atoms with Gasteiger partial charge in [0, 0.05) is 24.1 Å². The van der Waals surface area contributed by atoms with Crippen molar-refractivity contribution in [3.63, 3.8) is 0 Å². The van der Waals surface area contributed by atoms with Crippen molar-refractivity contribution in [1.82, 2.24) is 4.90 Å². The van der Waals surface area contributed by atoms with Gasteiger partial charge in [-0.3, -0.25) is 14.4 Å². The number of nitrogens with zero attached hydrogens (tertiary/aromatic N) is 1. The molecule has 0 radical (unpaired) electrons. The summed E-state index contributed by atoms with van der Waals surface area (Å²) in [5.74, 6) is -1.68. The smallest absolute Gasteiger partial charge is 0.310 e. The summed E-state index contributed by atoms with van der Waals surface area (Å²) in [7, 11) is 0. The van der Waals surface area contributed by atoms with Crippen LogP contribution < -0.4 is 5.32 Å². The van der Waals surface area contributed by atoms with E-state index in [4.69, 9.17) is 4.74 Å². The second kappa shape index (κ2) is 9.06. The Morgan fingerprint density at radius 1 is 1.31 bits per heavy atom. The van der Waals surface area contributed by atoms with Crippen molar-refractivity contribution in [1.29, 1.82) is 0 Å². The molecular formula is C24H32N2O5S. The molecule has 0 aliphatic carbocycles. The lowest BCUT2D eigenvalue weighted by atomic mass is 9.71. The molecule has 8 heteroatoms. The molecule has 3 aliphatic heterocycles. The van der Waals surface area contributed by atoms with Gasteiger partial charge in [0.05, 0.1) is 23.2 Å². The maximum absolute atomic E-state index is 13.7. The Morgan fingerprint density at radius 2 is 2.09 bits per heavy atom. The molecule has 2 bridgehead atoms. The average Bonchev–Trinajstić information content (AvgIpc) is 3.39. The number of esters is 1. The average molecular weight is 461 g/mol. The van der Waals surface area contributed by atoms with Crippen molar-refractivity contribution in [2.75, 3.05) is 25.1 Å². The van der Waals surface area contributed by atoms with Crippen molar-refractivity contribution in [2.45, 2.75) is 62.5 Å². The molecule has 1 aromatic carbocycles. The summed E-state index contributed by atoms with van der Waals surface area (Å²) in [6, 6.07) is 5.26. The van der Waals surface area contributed by atoms with Crippen LogP contribution in [0.5, 0.6) is 0 Å². The summed E-state index contributed by atoms with van der Waals surface area (Å²) in [5, 5.41) is 12.3. The van der Waals surface area contributed by atoms with E-state index < -0.39 is 22.6 Å². The molecule has 5 atom stereocenters. The van der Waals surface area contributed by atoms with Crippen LogP contribution >= 0.6 is 11.8 Å². The van der Waals surface area contributed by atoms with Crippen LogP contribution in [0, 0.1) is 25.7 Å². The van der Waals surface area contributed by atoms with Gasteiger partial charge in [-0.15, -0.1) is 11.8 Å². The second-order valence-electron chi connectivity index (χ2n) is 9.08. The van der Waals surface area contributed by atoms with Gasteiger partial charge in [-0.05, 0) is 63.6 Å². The number of carbonyl (C=O) groups excluding carboxylic acids is 3. The fourth-order valence-electron chi connectivity index (χ4n) is 5.67. The third-order valence-electron chi connectivity index (χ3n) is 7.07. The van der Waals surface area contributed by atoms with Crippen LogP contribution in [0.15, 0.2) is 18.2 Å². The van der Waals surface area contributed by atoms with Crippen molar-refractivity contribution in [3.8, 4) is 0 Å². The zero-order valence-corrected chi connectivity index (χ0v) is 19.7. The number of nitrogens with one attached hydrogen (secondary N) is 1. The Balaban J connectivity index is 1.68. The number of likely N-dealkylation sites (tertiary alicyclic amines) is 1. The van der Waals surface area contributed by atoms with E-state index in [1.54, 1.807) is 23.6 Å². The van der Waals surface area contributed by atoms with Crippen molar-refractivity contribution in [3.05, 3.63) is 29.3 Å². The number of fused-ring (bicyclic) bond motifs is 1. The Labute approximate surface area is 193 Å². The molecule has 4 rings (SSSR count). The number of rotatable bonds is 8. The first-order chi connectivity index (χ1) is 15.3. The highest BCUT2D eigenvalue weighted by atomic mass is 32.2. The van der Waals surface area contributed by atoms with E-state index >= 15 is 0 Å². The van der Waals surface area contributed by atoms with Crippen LogP contribution in [-0.4, -0.2) is 63.6 Å². The van der Waals surface area contributed by atoms with Crippen LogP contribution in [0.2, 0.25) is 0 Å². The van der Waals surface area contributed by atoms with Gasteiger partial charge in [0.2, 0.25) is 11.8 Å². The molecular weight excluding hydrogens is 428 g/mol. The summed E-state index contributed by atoms with van der Waals surface area (Å²) in [6.45, 7) is 6.40. The number of ether oxygens (including phenoxy) is 1. The van der Waals surface area contributed by atoms with E-state index in [2.05, 4.69) is 5.32 Å². The van der Waals surface area contributed by atoms with Crippen molar-refractivity contribution in [2.24, 2.45) is 11.8 Å². The first-order valence-electron chi connectivity index (χ1n) is 11.5. The van der Waals surface area contributed by atoms with Crippen LogP contribution in [0.25, 0.3) is 0 Å². The minimum Gasteiger partial charge on any atom is -0.466 e. The third kappa shape index (κ3) is 3.71. The number of unbranched alkanes of at least 4 members (excludes halogenated alkanes) is 1. The van der Waals surface area contributed by atoms with E-state index in [1.807, 2.05) is 32.0 Å². The van der Waals surface area contributed by atoms with Gasteiger partial charge in [0.15, 0.2) is 0 Å². The predicted octanol–water partition coefficient (Wildman–Crippen LogP) is 2.67. The summed E-state index contributed by atoms with van der Waals surface area (Å²) < 4.78 is 4.72. The number of amides is 2. The first-order valence-corrected chi connectivity index (χ1v) is 12.4. The van der Waals surface area contributed by atoms with E-state index in [1.165, 1.54) is 0 Å². The van der Waals surface area contributed by atoms with Crippen molar-refractivity contribution < 1.29 is 24.2 Å². The van der Waals surface area contributed by atoms with E-state index in [0.29, 0.717) is 19.4 Å². The van der Waals surface area contributed by atoms with Crippen LogP contribution in [0.4, 0.5) is 5.69 Å². The quantitative estimate of drug-likeness (QED) is 0.457. The molecule has 3 aliphatic rings. The highest BCUT2D eigenvalue weighted by Crippen LogP contribution is 2.66. The molecule has 3 fully saturated rings. The third-order valence-corrected chi connectivity index (χ3v) is 9.02. The lowest BCUT2D eigenvalue weighted by Crippen LogP contribution is -2.51. The monoisotopic (exact) mass is 460 g/mol. The highest BCUT2D eigenvalue weighted by molar-refractivity contribution is 8.02. The largest absolute Gasteiger partial charge is 0.466 e. The summed E-state index contributed by atoms with van der Waals surface area (Å²) in [4.78, 5) is 41.8. The summed E-state index contributed by atoms with van der Waals surface area (Å²) >= 11 is 1.64. The van der Waals surface area contributed by atoms with E-state index in [0.717, 1.165) is 29.7 Å². The Morgan fingerprint density at radius 3 is 2.81 bits per heavy atom. The molecule has 2 N–H and O–H groups in total. The topological polar surface area (TPSA) is 95.9 Å². The molecule has 174 valence electrons. The van der Waals surface area contributed by atoms with Crippen LogP contribution in [0.1, 0.15) is 43.7 Å². The molecule has 3 heterocycles. The molecule has 7 nitrogen and oxygen atoms in total. The number of benzene rings is 1. The van der Waals surface area contributed by atoms with Gasteiger partial charge in [-0.1, -0.05) is 12.1 Å². The number of anilines is 1. The Hall–Kier alpha value is -2.06. The fourth-order valence-corrected chi connectivity index (χ4v) is 7.87. The molecule has 0 aromatic heterocycles. The zero-order chi connectivity index (χ0) is 23.0. The first kappa shape index (κ1) is 23.1. The van der Waals surface area contributed by atoms with Gasteiger partial charge in [0.1, 0.15) is 6.04 Å². The lowest BCUT2D eigenvalue weighted by molar-refractivity contribution is -0.153. The van der Waals surface area contributed by atoms with Gasteiger partial charge in [-0.2, -0.15) is 0 Å². The van der Waals surface area contributed by atoms with Crippen LogP contribution in [0.3, 0.4) is 0 Å². The van der Waals surface area contributed by atoms with Crippen LogP contribution in [-0.2, 0) is 19.1 Å². The number of aliphatic hydroxyl groups is 1. The number of aliphatic hydroxyl groups excluding tert-OH is 1. The Kier molecular flexibility index (Phi) is 6.54. The second-order valence-corrected chi connectivity index (χ2v) is 10.7. The molecule has 1 aromatic rings. The summed E-state index contributed by atoms with van der Waals surface area (Å²) in [6.07, 6.45) is 2.70. The predicted molar refractivity (Wildman–Crippen MR) is 123 cm³/mol. The Bertz CT molecular complexity index is 922. The highest BCUT2D eigenvalue weighted by Gasteiger charge is 2.73. The number of hydrogen-bond donors (Lipinski definition) is 2. The number of carbonyl (C=O) groups is 3. The maximum Gasteiger partial charge on any atom is 0.310 e. The normalized spacial score (nSPS) is 30.5. The molecule has 3 saturated heterocycles. The van der Waals surface area contributed by atoms with E-state index in [9.17, 15) is 19.5 Å². The van der Waals surface area contributed by atoms with Gasteiger partial charge >= 0.3 is 5.97 Å². The standard InChI is InChI=1S/C24H32N2O5S/c1-4-31-23(30)18-17-9-10-24(32-17)19(18)22(29)26(11-5-6-12-27)20(24)21(28)25-16-13-14(2)7-8-15(16)3/h7-8,13,17-20,27H,4-6,9-12H2,1-3H3,(H,25,28)/t17-,18+,19-,20?,24?/m0/s1. The fraction of sp³-hybridized carbons (Fsp3) is 0.625. The zero-order valence-electron chi connectivity index (χ0n) is 18.9. The minimum atomic E-state index is -0.645. The SMILES string of the molecule is CCOC(=O)[C@@H]1[C@@H]2CCC3(S2)C(C(=O)Nc2cc(C)ccc2C)N(CCCCO)C(=O)[C@H]13. The molecule has 2 amide bonds. The summed E-state index contributed by atoms with van der Waals surface area (Å²) in [5.41, 5.74) is 2.75. The number of thioether (sulfide) groups is 1. The molecule has 0 saturated carbocycles. The van der Waals surface area contributed by atoms with Crippen molar-refractivity contribution >= 4 is 35.2 Å². The van der Waals surface area contributed by atoms with Gasteiger partial charge < -0.3 is 20.1 Å². The van der Waals surface area contributed by atoms with Gasteiger partial charge in [0.25, 0.3) is 0 Å². The minimum absolute atomic E-state index is 0.0126. The number of hydrogen-bond acceptors (Lipinski definition) is 6. The maximum atomic E-state index is 13.7.